The lowest BCUT2D eigenvalue weighted by molar-refractivity contribution is 0.108. The standard InChI is InChI=1S/C20H15N3O/c1-3-9-16-14(6-1)8-5-10-17(16)20-19-13-24-12-15-7-2-4-11-18(15)23(19)22-21-20/h1-11H,12-13H2. The van der Waals surface area contributed by atoms with Crippen molar-refractivity contribution in [1.82, 2.24) is 15.0 Å². The van der Waals surface area contributed by atoms with Crippen LogP contribution in [0.4, 0.5) is 0 Å². The predicted molar refractivity (Wildman–Crippen MR) is 92.8 cm³/mol. The molecule has 0 atom stereocenters. The van der Waals surface area contributed by atoms with E-state index in [1.807, 2.05) is 16.8 Å². The number of benzene rings is 3. The predicted octanol–water partition coefficient (Wildman–Crippen LogP) is 4.12. The molecule has 0 fully saturated rings. The zero-order valence-electron chi connectivity index (χ0n) is 13.0. The van der Waals surface area contributed by atoms with Gasteiger partial charge in [-0.05, 0) is 16.8 Å². The lowest BCUT2D eigenvalue weighted by atomic mass is 10.0. The first-order valence-electron chi connectivity index (χ1n) is 8.00. The van der Waals surface area contributed by atoms with Crippen LogP contribution in [0.3, 0.4) is 0 Å². The number of fused-ring (bicyclic) bond motifs is 4. The Morgan fingerprint density at radius 3 is 2.67 bits per heavy atom. The maximum absolute atomic E-state index is 5.88. The van der Waals surface area contributed by atoms with Crippen LogP contribution in [-0.4, -0.2) is 15.0 Å². The van der Waals surface area contributed by atoms with Gasteiger partial charge in [-0.3, -0.25) is 0 Å². The molecular weight excluding hydrogens is 298 g/mol. The van der Waals surface area contributed by atoms with Crippen LogP contribution >= 0.6 is 0 Å². The normalized spacial score (nSPS) is 13.3. The second-order valence-corrected chi connectivity index (χ2v) is 5.94. The van der Waals surface area contributed by atoms with Gasteiger partial charge in [-0.15, -0.1) is 5.10 Å². The van der Waals surface area contributed by atoms with E-state index in [4.69, 9.17) is 4.74 Å². The minimum Gasteiger partial charge on any atom is -0.370 e. The van der Waals surface area contributed by atoms with Gasteiger partial charge in [-0.25, -0.2) is 4.68 Å². The first kappa shape index (κ1) is 13.5. The minimum absolute atomic E-state index is 0.500. The maximum Gasteiger partial charge on any atom is 0.119 e. The monoisotopic (exact) mass is 313 g/mol. The third-order valence-corrected chi connectivity index (χ3v) is 4.52. The summed E-state index contributed by atoms with van der Waals surface area (Å²) in [5.41, 5.74) is 5.16. The van der Waals surface area contributed by atoms with Gasteiger partial charge in [0, 0.05) is 11.1 Å². The third kappa shape index (κ3) is 1.97. The quantitative estimate of drug-likeness (QED) is 0.531. The molecule has 1 aliphatic rings. The van der Waals surface area contributed by atoms with E-state index in [9.17, 15) is 0 Å². The molecule has 3 aromatic carbocycles. The number of ether oxygens (including phenoxy) is 1. The molecule has 4 nitrogen and oxygen atoms in total. The van der Waals surface area contributed by atoms with Crippen molar-refractivity contribution in [3.05, 3.63) is 78.0 Å². The average Bonchev–Trinajstić information content (AvgIpc) is 2.96. The number of rotatable bonds is 1. The molecule has 0 saturated heterocycles. The van der Waals surface area contributed by atoms with Crippen molar-refractivity contribution in [3.8, 4) is 16.9 Å². The van der Waals surface area contributed by atoms with E-state index in [1.54, 1.807) is 0 Å². The largest absolute Gasteiger partial charge is 0.370 e. The van der Waals surface area contributed by atoms with Crippen molar-refractivity contribution in [1.29, 1.82) is 0 Å². The summed E-state index contributed by atoms with van der Waals surface area (Å²) in [5.74, 6) is 0. The van der Waals surface area contributed by atoms with E-state index in [0.717, 1.165) is 28.2 Å². The highest BCUT2D eigenvalue weighted by Gasteiger charge is 2.21. The lowest BCUT2D eigenvalue weighted by Gasteiger charge is -2.07. The molecule has 0 unspecified atom stereocenters. The summed E-state index contributed by atoms with van der Waals surface area (Å²) in [4.78, 5) is 0. The Kier molecular flexibility index (Phi) is 2.96. The SMILES string of the molecule is c1ccc2c(c1)COCc1c(-c3cccc4ccccc34)nnn1-2. The molecule has 0 N–H and O–H groups in total. The second-order valence-electron chi connectivity index (χ2n) is 5.94. The molecule has 4 heteroatoms. The zero-order chi connectivity index (χ0) is 15.9. The van der Waals surface area contributed by atoms with Crippen molar-refractivity contribution in [3.63, 3.8) is 0 Å². The van der Waals surface area contributed by atoms with Gasteiger partial charge in [-0.1, -0.05) is 65.9 Å². The Hall–Kier alpha value is -2.98. The summed E-state index contributed by atoms with van der Waals surface area (Å²) < 4.78 is 7.80. The van der Waals surface area contributed by atoms with Gasteiger partial charge < -0.3 is 4.74 Å². The van der Waals surface area contributed by atoms with E-state index >= 15 is 0 Å². The van der Waals surface area contributed by atoms with Crippen molar-refractivity contribution in [2.24, 2.45) is 0 Å². The van der Waals surface area contributed by atoms with Gasteiger partial charge in [0.25, 0.3) is 0 Å². The van der Waals surface area contributed by atoms with Crippen LogP contribution in [0.5, 0.6) is 0 Å². The van der Waals surface area contributed by atoms with Gasteiger partial charge in [0.2, 0.25) is 0 Å². The van der Waals surface area contributed by atoms with Crippen LogP contribution in [0, 0.1) is 0 Å². The van der Waals surface area contributed by atoms with Gasteiger partial charge >= 0.3 is 0 Å². The first-order valence-corrected chi connectivity index (χ1v) is 8.00. The van der Waals surface area contributed by atoms with E-state index in [1.165, 1.54) is 10.8 Å². The van der Waals surface area contributed by atoms with Gasteiger partial charge in [0.1, 0.15) is 5.69 Å². The third-order valence-electron chi connectivity index (χ3n) is 4.52. The molecule has 0 spiro atoms. The van der Waals surface area contributed by atoms with Crippen LogP contribution < -0.4 is 0 Å². The van der Waals surface area contributed by atoms with Crippen molar-refractivity contribution >= 4 is 10.8 Å². The second kappa shape index (κ2) is 5.28. The van der Waals surface area contributed by atoms with E-state index in [-0.39, 0.29) is 0 Å². The number of hydrogen-bond donors (Lipinski definition) is 0. The molecule has 0 saturated carbocycles. The van der Waals surface area contributed by atoms with Crippen LogP contribution in [0.25, 0.3) is 27.7 Å². The van der Waals surface area contributed by atoms with E-state index in [0.29, 0.717) is 13.2 Å². The number of para-hydroxylation sites is 1. The van der Waals surface area contributed by atoms with Gasteiger partial charge in [0.05, 0.1) is 24.6 Å². The summed E-state index contributed by atoms with van der Waals surface area (Å²) in [6.07, 6.45) is 0. The molecule has 1 aliphatic heterocycles. The van der Waals surface area contributed by atoms with Crippen molar-refractivity contribution in [2.75, 3.05) is 0 Å². The molecule has 2 heterocycles. The average molecular weight is 313 g/mol. The number of aromatic nitrogens is 3. The Morgan fingerprint density at radius 1 is 0.833 bits per heavy atom. The van der Waals surface area contributed by atoms with E-state index in [2.05, 4.69) is 64.9 Å². The summed E-state index contributed by atoms with van der Waals surface area (Å²) in [7, 11) is 0. The van der Waals surface area contributed by atoms with Crippen LogP contribution in [0.15, 0.2) is 66.7 Å². The number of nitrogens with zero attached hydrogens (tertiary/aromatic N) is 3. The Morgan fingerprint density at radius 2 is 1.67 bits per heavy atom. The van der Waals surface area contributed by atoms with Gasteiger partial charge in [-0.2, -0.15) is 0 Å². The summed E-state index contributed by atoms with van der Waals surface area (Å²) in [5, 5.41) is 11.3. The summed E-state index contributed by atoms with van der Waals surface area (Å²) in [6, 6.07) is 22.8. The maximum atomic E-state index is 5.88. The van der Waals surface area contributed by atoms with Crippen LogP contribution in [-0.2, 0) is 18.0 Å². The molecule has 24 heavy (non-hydrogen) atoms. The van der Waals surface area contributed by atoms with Crippen LogP contribution in [0.2, 0.25) is 0 Å². The molecule has 0 bridgehead atoms. The summed E-state index contributed by atoms with van der Waals surface area (Å²) in [6.45, 7) is 1.09. The molecule has 0 aliphatic carbocycles. The fourth-order valence-electron chi connectivity index (χ4n) is 3.36. The Bertz CT molecular complexity index is 1050. The first-order chi connectivity index (χ1) is 11.9. The molecule has 1 aromatic heterocycles. The van der Waals surface area contributed by atoms with E-state index < -0.39 is 0 Å². The highest BCUT2D eigenvalue weighted by atomic mass is 16.5. The molecule has 116 valence electrons. The summed E-state index contributed by atoms with van der Waals surface area (Å²) >= 11 is 0. The molecular formula is C20H15N3O. The topological polar surface area (TPSA) is 39.9 Å². The fraction of sp³-hybridized carbons (Fsp3) is 0.100. The molecule has 0 radical (unpaired) electrons. The van der Waals surface area contributed by atoms with Crippen LogP contribution in [0.1, 0.15) is 11.3 Å². The van der Waals surface area contributed by atoms with Crippen molar-refractivity contribution in [2.45, 2.75) is 13.2 Å². The zero-order valence-corrected chi connectivity index (χ0v) is 13.0. The lowest BCUT2D eigenvalue weighted by Crippen LogP contribution is -2.02. The fourth-order valence-corrected chi connectivity index (χ4v) is 3.36. The van der Waals surface area contributed by atoms with Gasteiger partial charge in [0.15, 0.2) is 0 Å². The highest BCUT2D eigenvalue weighted by Crippen LogP contribution is 2.32. The molecule has 4 aromatic rings. The Balaban J connectivity index is 1.77. The molecule has 5 rings (SSSR count). The van der Waals surface area contributed by atoms with Crippen molar-refractivity contribution < 1.29 is 4.74 Å². The smallest absolute Gasteiger partial charge is 0.119 e. The Labute approximate surface area is 139 Å². The molecule has 0 amide bonds. The number of hydrogen-bond acceptors (Lipinski definition) is 3. The minimum atomic E-state index is 0.500. The highest BCUT2D eigenvalue weighted by molar-refractivity contribution is 5.96.